The van der Waals surface area contributed by atoms with Crippen LogP contribution < -0.4 is 0 Å². The third-order valence-electron chi connectivity index (χ3n) is 4.88. The van der Waals surface area contributed by atoms with Gasteiger partial charge < -0.3 is 29.2 Å². The summed E-state index contributed by atoms with van der Waals surface area (Å²) in [4.78, 5) is 46.7. The highest BCUT2D eigenvalue weighted by molar-refractivity contribution is 6.05. The summed E-state index contributed by atoms with van der Waals surface area (Å²) in [6.45, 7) is 12.1. The van der Waals surface area contributed by atoms with Gasteiger partial charge in [-0.3, -0.25) is 9.59 Å². The predicted octanol–water partition coefficient (Wildman–Crippen LogP) is 2.39. The van der Waals surface area contributed by atoms with Crippen molar-refractivity contribution in [3.05, 3.63) is 0 Å². The van der Waals surface area contributed by atoms with Gasteiger partial charge in [-0.1, -0.05) is 54.4 Å². The van der Waals surface area contributed by atoms with Crippen molar-refractivity contribution >= 4 is 58.2 Å². The number of carbonyl (C=O) groups is 4. The molecule has 0 aromatic carbocycles. The summed E-state index contributed by atoms with van der Waals surface area (Å²) < 4.78 is 21.0. The molecule has 224 valence electrons. The van der Waals surface area contributed by atoms with Crippen molar-refractivity contribution in [3.63, 3.8) is 0 Å². The van der Waals surface area contributed by atoms with Gasteiger partial charge in [-0.25, -0.2) is 9.59 Å². The lowest BCUT2D eigenvalue weighted by atomic mass is 10.1. The lowest BCUT2D eigenvalue weighted by Gasteiger charge is -2.28. The smallest absolute Gasteiger partial charge is 0.372 e. The number of aliphatic carboxylic acids is 2. The summed E-state index contributed by atoms with van der Waals surface area (Å²) >= 11 is 0. The molecule has 0 amide bonds. The molecule has 10 nitrogen and oxygen atoms in total. The van der Waals surface area contributed by atoms with Gasteiger partial charge in [-0.2, -0.15) is 0 Å². The molecule has 12 heteroatoms. The van der Waals surface area contributed by atoms with Crippen LogP contribution in [0.1, 0.15) is 106 Å². The Morgan fingerprint density at radius 1 is 0.500 bits per heavy atom. The van der Waals surface area contributed by atoms with Gasteiger partial charge in [-0.05, 0) is 38.5 Å². The minimum Gasteiger partial charge on any atom is -0.477 e. The Bertz CT molecular complexity index is 626. The van der Waals surface area contributed by atoms with Crippen LogP contribution in [0.3, 0.4) is 0 Å². The second-order valence-electron chi connectivity index (χ2n) is 8.29. The number of ether oxygens (including phenoxy) is 4. The molecule has 0 aliphatic heterocycles. The molecule has 0 saturated heterocycles. The topological polar surface area (TPSA) is 146 Å². The SMILES string of the molecule is CCCCOC(OCCCC)(C(=O)O)C(=O)CCC.CCCOC(OCCC)(C(=O)O)C(=O)CCC.[AlH3].[AlH3]. The number of unbranched alkanes of at least 4 members (excludes halogenated alkanes) is 2. The summed E-state index contributed by atoms with van der Waals surface area (Å²) in [5.41, 5.74) is 0. The monoisotopic (exact) mass is 580 g/mol. The van der Waals surface area contributed by atoms with Crippen LogP contribution in [-0.4, -0.2) is 106 Å². The van der Waals surface area contributed by atoms with Gasteiger partial charge >= 0.3 is 23.5 Å². The Hall–Kier alpha value is -0.815. The number of carboxylic acids is 2. The van der Waals surface area contributed by atoms with E-state index in [4.69, 9.17) is 18.9 Å². The Labute approximate surface area is 249 Å². The van der Waals surface area contributed by atoms with Gasteiger partial charge in [0.05, 0.1) is 26.4 Å². The minimum atomic E-state index is -2.11. The zero-order valence-corrected chi connectivity index (χ0v) is 23.1. The fourth-order valence-corrected chi connectivity index (χ4v) is 2.89. The van der Waals surface area contributed by atoms with Gasteiger partial charge in [0.2, 0.25) is 11.6 Å². The molecule has 0 radical (unpaired) electrons. The van der Waals surface area contributed by atoms with E-state index < -0.39 is 35.1 Å². The van der Waals surface area contributed by atoms with Crippen LogP contribution >= 0.6 is 0 Å². The number of Topliss-reactive ketones (excluding diaryl/α,β-unsaturated/α-hetero) is 2. The van der Waals surface area contributed by atoms with E-state index in [-0.39, 0.29) is 74.0 Å². The Morgan fingerprint density at radius 2 is 0.789 bits per heavy atom. The molecule has 0 atom stereocenters. The highest BCUT2D eigenvalue weighted by Crippen LogP contribution is 2.21. The van der Waals surface area contributed by atoms with Crippen molar-refractivity contribution < 1.29 is 48.3 Å². The van der Waals surface area contributed by atoms with E-state index >= 15 is 0 Å². The van der Waals surface area contributed by atoms with Crippen molar-refractivity contribution in [1.29, 1.82) is 0 Å². The molecule has 0 unspecified atom stereocenters. The highest BCUT2D eigenvalue weighted by Gasteiger charge is 2.49. The fraction of sp³-hybridized carbons (Fsp3) is 0.846. The predicted molar refractivity (Wildman–Crippen MR) is 155 cm³/mol. The summed E-state index contributed by atoms with van der Waals surface area (Å²) in [7, 11) is 0. The van der Waals surface area contributed by atoms with E-state index in [1.54, 1.807) is 0 Å². The lowest BCUT2D eigenvalue weighted by molar-refractivity contribution is -0.237. The van der Waals surface area contributed by atoms with Crippen molar-refractivity contribution in [1.82, 2.24) is 0 Å². The van der Waals surface area contributed by atoms with Crippen molar-refractivity contribution in [2.45, 2.75) is 117 Å². The first-order chi connectivity index (χ1) is 17.1. The largest absolute Gasteiger partial charge is 0.477 e. The molecule has 0 aromatic heterocycles. The maximum absolute atomic E-state index is 12.1. The van der Waals surface area contributed by atoms with Gasteiger partial charge in [0.15, 0.2) is 34.7 Å². The Kier molecular flexibility index (Phi) is 30.7. The van der Waals surface area contributed by atoms with E-state index in [1.807, 2.05) is 41.5 Å². The van der Waals surface area contributed by atoms with E-state index in [2.05, 4.69) is 0 Å². The minimum absolute atomic E-state index is 0. The zero-order valence-electron chi connectivity index (χ0n) is 23.1. The standard InChI is InChI=1S/C14H26O5.C12H22O5.2Al.6H/c1-4-7-10-18-14(13(16)17,12(15)9-6-3)19-11-8-5-2;1-4-7-10(13)12(11(14)15,16-8-5-2)17-9-6-3;;;;;;;;/h4-11H2,1-3H3,(H,16,17);4-9H2,1-3H3,(H,14,15);;;;;;;;. The first-order valence-corrected chi connectivity index (χ1v) is 13.2. The number of carbonyl (C=O) groups excluding carboxylic acids is 2. The molecule has 0 fully saturated rings. The van der Waals surface area contributed by atoms with Crippen molar-refractivity contribution in [2.75, 3.05) is 26.4 Å². The second kappa shape index (κ2) is 26.4. The van der Waals surface area contributed by atoms with E-state index in [0.717, 1.165) is 12.8 Å². The van der Waals surface area contributed by atoms with Gasteiger partial charge in [-0.15, -0.1) is 0 Å². The summed E-state index contributed by atoms with van der Waals surface area (Å²) in [5.74, 6) is -7.96. The Balaban J connectivity index is -0.000000291. The molecular weight excluding hydrogens is 526 g/mol. The number of ketones is 2. The molecule has 38 heavy (non-hydrogen) atoms. The number of hydrogen-bond acceptors (Lipinski definition) is 8. The summed E-state index contributed by atoms with van der Waals surface area (Å²) in [5, 5.41) is 18.6. The Morgan fingerprint density at radius 3 is 1.00 bits per heavy atom. The number of carboxylic acid groups (broad SMARTS) is 2. The molecule has 0 bridgehead atoms. The van der Waals surface area contributed by atoms with Crippen LogP contribution in [-0.2, 0) is 38.1 Å². The number of hydrogen-bond donors (Lipinski definition) is 2. The third-order valence-corrected chi connectivity index (χ3v) is 4.88. The van der Waals surface area contributed by atoms with E-state index in [9.17, 15) is 29.4 Å². The molecular formula is C26H54Al2O10. The number of rotatable bonds is 22. The van der Waals surface area contributed by atoms with Crippen LogP contribution in [0.5, 0.6) is 0 Å². The third kappa shape index (κ3) is 15.7. The van der Waals surface area contributed by atoms with E-state index in [1.165, 1.54) is 0 Å². The molecule has 0 spiro atoms. The van der Waals surface area contributed by atoms with Gasteiger partial charge in [0, 0.05) is 12.8 Å². The van der Waals surface area contributed by atoms with Crippen LogP contribution in [0.4, 0.5) is 0 Å². The molecule has 2 N–H and O–H groups in total. The van der Waals surface area contributed by atoms with Crippen LogP contribution in [0.25, 0.3) is 0 Å². The first kappa shape index (κ1) is 44.2. The first-order valence-electron chi connectivity index (χ1n) is 13.2. The second-order valence-corrected chi connectivity index (χ2v) is 8.29. The van der Waals surface area contributed by atoms with Crippen molar-refractivity contribution in [2.24, 2.45) is 0 Å². The van der Waals surface area contributed by atoms with Crippen LogP contribution in [0.2, 0.25) is 0 Å². The fourth-order valence-electron chi connectivity index (χ4n) is 2.89. The normalized spacial score (nSPS) is 10.9. The van der Waals surface area contributed by atoms with E-state index in [0.29, 0.717) is 38.5 Å². The van der Waals surface area contributed by atoms with Gasteiger partial charge in [0.25, 0.3) is 0 Å². The van der Waals surface area contributed by atoms with Crippen molar-refractivity contribution in [3.8, 4) is 0 Å². The summed E-state index contributed by atoms with van der Waals surface area (Å²) in [6.07, 6.45) is 5.81. The molecule has 0 saturated carbocycles. The average molecular weight is 581 g/mol. The lowest BCUT2D eigenvalue weighted by Crippen LogP contribution is -2.52. The maximum Gasteiger partial charge on any atom is 0.372 e. The summed E-state index contributed by atoms with van der Waals surface area (Å²) in [6, 6.07) is 0. The molecule has 0 heterocycles. The van der Waals surface area contributed by atoms with Gasteiger partial charge in [0.1, 0.15) is 0 Å². The molecule has 0 aromatic rings. The average Bonchev–Trinajstić information content (AvgIpc) is 2.84. The quantitative estimate of drug-likeness (QED) is 0.0847. The highest BCUT2D eigenvalue weighted by atomic mass is 27.0. The molecule has 0 aliphatic rings. The zero-order chi connectivity index (χ0) is 28.0. The molecule has 0 rings (SSSR count). The molecule has 0 aliphatic carbocycles. The maximum atomic E-state index is 12.1. The van der Waals surface area contributed by atoms with Crippen LogP contribution in [0.15, 0.2) is 0 Å². The van der Waals surface area contributed by atoms with Crippen LogP contribution in [0, 0.1) is 0 Å².